The van der Waals surface area contributed by atoms with Crippen LogP contribution in [0.1, 0.15) is 108 Å². The molecular formula is C35H47O2Sn. The molecule has 0 amide bonds. The van der Waals surface area contributed by atoms with E-state index in [2.05, 4.69) is 30.3 Å². The first-order valence-corrected chi connectivity index (χ1v) is 20.6. The van der Waals surface area contributed by atoms with E-state index in [1.165, 1.54) is 22.6 Å². The van der Waals surface area contributed by atoms with Gasteiger partial charge in [-0.2, -0.15) is 0 Å². The summed E-state index contributed by atoms with van der Waals surface area (Å²) in [5.41, 5.74) is 1.14. The van der Waals surface area contributed by atoms with Crippen LogP contribution in [0, 0.1) is 0 Å². The molecule has 38 heavy (non-hydrogen) atoms. The normalized spacial score (nSPS) is 19.9. The van der Waals surface area contributed by atoms with Gasteiger partial charge in [-0.3, -0.25) is 4.79 Å². The maximum Gasteiger partial charge on any atom is 0.303 e. The number of carboxylic acids is 1. The Labute approximate surface area is 237 Å². The quantitative estimate of drug-likeness (QED) is 0.221. The monoisotopic (exact) mass is 619 g/mol. The molecule has 0 heterocycles. The smallest absolute Gasteiger partial charge is 0.303 e. The largest absolute Gasteiger partial charge is 0.481 e. The van der Waals surface area contributed by atoms with E-state index in [9.17, 15) is 4.79 Å². The van der Waals surface area contributed by atoms with Gasteiger partial charge in [0.1, 0.15) is 0 Å². The Morgan fingerprint density at radius 3 is 1.42 bits per heavy atom. The van der Waals surface area contributed by atoms with Crippen LogP contribution < -0.4 is 0 Å². The maximum atomic E-state index is 10.8. The Morgan fingerprint density at radius 1 is 0.632 bits per heavy atom. The van der Waals surface area contributed by atoms with Crippen LogP contribution in [0.3, 0.4) is 0 Å². The van der Waals surface area contributed by atoms with Crippen LogP contribution in [0.4, 0.5) is 0 Å². The van der Waals surface area contributed by atoms with Gasteiger partial charge >= 0.3 is 134 Å². The number of aryl methyl sites for hydroxylation is 1. The predicted molar refractivity (Wildman–Crippen MR) is 164 cm³/mol. The zero-order valence-corrected chi connectivity index (χ0v) is 26.2. The second kappa shape index (κ2) is 14.2. The Balaban J connectivity index is 0.000000155. The van der Waals surface area contributed by atoms with Crippen molar-refractivity contribution in [3.8, 4) is 0 Å². The Bertz CT molecular complexity index is 1070. The fourth-order valence-corrected chi connectivity index (χ4v) is 22.8. The third-order valence-electron chi connectivity index (χ3n) is 9.70. The summed E-state index contributed by atoms with van der Waals surface area (Å²) in [6.45, 7) is 0. The van der Waals surface area contributed by atoms with Gasteiger partial charge in [-0.25, -0.2) is 0 Å². The minimum absolute atomic E-state index is 0.165. The third-order valence-corrected chi connectivity index (χ3v) is 22.7. The third kappa shape index (κ3) is 7.14. The SMILES string of the molecule is C1CC[CH]([Sn]([CH]2CCCCC2)[CH]2CCCCC2)CC1.O=C(O)CCc1c2ccccc2cc2ccccc12. The number of rotatable bonds is 6. The molecule has 0 aliphatic heterocycles. The minimum Gasteiger partial charge on any atom is -0.481 e. The summed E-state index contributed by atoms with van der Waals surface area (Å²) in [6, 6.07) is 18.5. The van der Waals surface area contributed by atoms with Gasteiger partial charge < -0.3 is 5.11 Å². The summed E-state index contributed by atoms with van der Waals surface area (Å²) in [4.78, 5) is 10.8. The van der Waals surface area contributed by atoms with Crippen LogP contribution in [0.15, 0.2) is 54.6 Å². The van der Waals surface area contributed by atoms with Crippen molar-refractivity contribution < 1.29 is 9.90 Å². The topological polar surface area (TPSA) is 37.3 Å². The first kappa shape index (κ1) is 28.0. The molecule has 6 rings (SSSR count). The molecule has 3 aliphatic carbocycles. The van der Waals surface area contributed by atoms with Gasteiger partial charge in [-0.1, -0.05) is 48.5 Å². The van der Waals surface area contributed by atoms with Gasteiger partial charge in [0, 0.05) is 6.42 Å². The van der Waals surface area contributed by atoms with Gasteiger partial charge in [0.25, 0.3) is 0 Å². The number of benzene rings is 3. The Kier molecular flexibility index (Phi) is 10.5. The second-order valence-corrected chi connectivity index (χ2v) is 22.0. The first-order chi connectivity index (χ1) is 18.7. The minimum atomic E-state index is -1.15. The molecule has 2 nitrogen and oxygen atoms in total. The van der Waals surface area contributed by atoms with Gasteiger partial charge in [0.05, 0.1) is 0 Å². The number of fused-ring (bicyclic) bond motifs is 2. The van der Waals surface area contributed by atoms with E-state index < -0.39 is 25.7 Å². The van der Waals surface area contributed by atoms with E-state index in [-0.39, 0.29) is 6.42 Å². The molecule has 0 aromatic heterocycles. The van der Waals surface area contributed by atoms with Crippen molar-refractivity contribution in [1.82, 2.24) is 0 Å². The van der Waals surface area contributed by atoms with E-state index in [0.717, 1.165) is 16.3 Å². The van der Waals surface area contributed by atoms with Crippen molar-refractivity contribution in [2.75, 3.05) is 0 Å². The zero-order valence-electron chi connectivity index (χ0n) is 23.3. The van der Waals surface area contributed by atoms with Gasteiger partial charge in [0.15, 0.2) is 0 Å². The summed E-state index contributed by atoms with van der Waals surface area (Å²) in [5, 5.41) is 13.6. The number of hydrogen-bond donors (Lipinski definition) is 1. The molecule has 0 unspecified atom stereocenters. The molecule has 0 spiro atoms. The van der Waals surface area contributed by atoms with Crippen molar-refractivity contribution in [3.05, 3.63) is 60.2 Å². The van der Waals surface area contributed by atoms with Crippen molar-refractivity contribution >= 4 is 47.3 Å². The van der Waals surface area contributed by atoms with Crippen LogP contribution in [-0.2, 0) is 11.2 Å². The van der Waals surface area contributed by atoms with Gasteiger partial charge in [0.2, 0.25) is 0 Å². The molecule has 1 N–H and O–H groups in total. The van der Waals surface area contributed by atoms with Gasteiger partial charge in [-0.05, 0) is 39.6 Å². The van der Waals surface area contributed by atoms with E-state index in [4.69, 9.17) is 5.11 Å². The summed E-state index contributed by atoms with van der Waals surface area (Å²) in [5.74, 6) is -0.753. The second-order valence-electron chi connectivity index (χ2n) is 12.2. The van der Waals surface area contributed by atoms with Crippen LogP contribution in [0.5, 0.6) is 0 Å². The number of carbonyl (C=O) groups is 1. The summed E-state index contributed by atoms with van der Waals surface area (Å²) in [7, 11) is 0. The molecule has 3 fully saturated rings. The van der Waals surface area contributed by atoms with Gasteiger partial charge in [-0.15, -0.1) is 0 Å². The average Bonchev–Trinajstić information content (AvgIpc) is 2.97. The molecule has 3 heteroatoms. The fraction of sp³-hybridized carbons (Fsp3) is 0.571. The first-order valence-electron chi connectivity index (χ1n) is 15.7. The average molecular weight is 618 g/mol. The molecule has 203 valence electrons. The Hall–Kier alpha value is -1.55. The number of aliphatic carboxylic acids is 1. The summed E-state index contributed by atoms with van der Waals surface area (Å²) in [6.07, 6.45) is 25.0. The molecular weight excluding hydrogens is 571 g/mol. The zero-order chi connectivity index (χ0) is 26.2. The van der Waals surface area contributed by atoms with Crippen molar-refractivity contribution in [2.24, 2.45) is 0 Å². The molecule has 3 aromatic carbocycles. The maximum absolute atomic E-state index is 10.8. The summed E-state index contributed by atoms with van der Waals surface area (Å²) >= 11 is -1.15. The molecule has 3 aromatic rings. The van der Waals surface area contributed by atoms with Crippen LogP contribution in [-0.4, -0.2) is 30.8 Å². The molecule has 1 radical (unpaired) electrons. The van der Waals surface area contributed by atoms with Crippen LogP contribution >= 0.6 is 0 Å². The Morgan fingerprint density at radius 2 is 1.03 bits per heavy atom. The van der Waals surface area contributed by atoms with Crippen molar-refractivity contribution in [3.63, 3.8) is 0 Å². The van der Waals surface area contributed by atoms with E-state index in [1.807, 2.05) is 24.3 Å². The summed E-state index contributed by atoms with van der Waals surface area (Å²) < 4.78 is 3.96. The molecule has 3 saturated carbocycles. The standard InChI is InChI=1S/C17H14O2.3C6H11.Sn/c18-17(19)10-9-16-14-7-3-1-5-12(14)11-13-6-2-4-8-15(13)16;3*1-2-4-6-5-3-1;/h1-8,11H,9-10H2,(H,18,19);3*1H,2-6H2;. The van der Waals surface area contributed by atoms with E-state index in [1.54, 1.807) is 96.3 Å². The number of carboxylic acid groups (broad SMARTS) is 1. The van der Waals surface area contributed by atoms with Crippen LogP contribution in [0.2, 0.25) is 11.8 Å². The fourth-order valence-electron chi connectivity index (χ4n) is 7.92. The molecule has 0 bridgehead atoms. The van der Waals surface area contributed by atoms with E-state index in [0.29, 0.717) is 6.42 Å². The molecule has 3 aliphatic rings. The van der Waals surface area contributed by atoms with Crippen molar-refractivity contribution in [2.45, 2.75) is 121 Å². The van der Waals surface area contributed by atoms with E-state index >= 15 is 0 Å². The molecule has 0 saturated heterocycles. The number of hydrogen-bond acceptors (Lipinski definition) is 1. The van der Waals surface area contributed by atoms with Crippen LogP contribution in [0.25, 0.3) is 21.5 Å². The predicted octanol–water partition coefficient (Wildman–Crippen LogP) is 10.5. The van der Waals surface area contributed by atoms with Crippen molar-refractivity contribution in [1.29, 1.82) is 0 Å². The molecule has 0 atom stereocenters.